The molecule has 0 aliphatic heterocycles. The Bertz CT molecular complexity index is 800. The summed E-state index contributed by atoms with van der Waals surface area (Å²) in [6.45, 7) is 1.66. The summed E-state index contributed by atoms with van der Waals surface area (Å²) in [5.74, 6) is 0.261. The average molecular weight is 317 g/mol. The van der Waals surface area contributed by atoms with Crippen LogP contribution in [0.25, 0.3) is 11.4 Å². The Balaban J connectivity index is 2.59. The van der Waals surface area contributed by atoms with Crippen LogP contribution < -0.4 is 0 Å². The second-order valence-electron chi connectivity index (χ2n) is 4.06. The lowest BCUT2D eigenvalue weighted by Gasteiger charge is -2.05. The van der Waals surface area contributed by atoms with Crippen LogP contribution >= 0.6 is 10.7 Å². The molecule has 0 radical (unpaired) electrons. The summed E-state index contributed by atoms with van der Waals surface area (Å²) in [5, 5.41) is 17.6. The third kappa shape index (κ3) is 2.49. The fourth-order valence-electron chi connectivity index (χ4n) is 1.77. The maximum absolute atomic E-state index is 11.3. The molecule has 10 heteroatoms. The van der Waals surface area contributed by atoms with Crippen molar-refractivity contribution in [2.75, 3.05) is 0 Å². The minimum Gasteiger partial charge on any atom is -0.300 e. The molecular formula is C10H9ClN4O4S. The third-order valence-electron chi connectivity index (χ3n) is 2.71. The molecule has 0 unspecified atom stereocenters. The summed E-state index contributed by atoms with van der Waals surface area (Å²) in [4.78, 5) is 10.2. The highest BCUT2D eigenvalue weighted by Gasteiger charge is 2.22. The molecule has 1 aromatic carbocycles. The van der Waals surface area contributed by atoms with E-state index in [2.05, 4.69) is 10.2 Å². The molecule has 0 fully saturated rings. The smallest absolute Gasteiger partial charge is 0.296 e. The van der Waals surface area contributed by atoms with Crippen LogP contribution in [0.3, 0.4) is 0 Å². The molecule has 0 N–H and O–H groups in total. The number of rotatable bonds is 3. The number of aromatic nitrogens is 3. The second kappa shape index (κ2) is 4.84. The van der Waals surface area contributed by atoms with Crippen LogP contribution in [-0.2, 0) is 16.1 Å². The first kappa shape index (κ1) is 14.4. The summed E-state index contributed by atoms with van der Waals surface area (Å²) in [7, 11) is 2.68. The first-order valence-electron chi connectivity index (χ1n) is 5.31. The molecule has 2 rings (SSSR count). The number of nitro benzene ring substituents is 1. The summed E-state index contributed by atoms with van der Waals surface area (Å²) in [6, 6.07) is 4.17. The van der Waals surface area contributed by atoms with Crippen molar-refractivity contribution in [2.45, 2.75) is 12.1 Å². The Morgan fingerprint density at radius 3 is 2.45 bits per heavy atom. The Labute approximate surface area is 118 Å². The first-order chi connectivity index (χ1) is 9.21. The molecule has 1 heterocycles. The number of hydrogen-bond acceptors (Lipinski definition) is 6. The van der Waals surface area contributed by atoms with Crippen LogP contribution in [-0.4, -0.2) is 28.1 Å². The van der Waals surface area contributed by atoms with Gasteiger partial charge in [0, 0.05) is 35.4 Å². The van der Waals surface area contributed by atoms with Crippen LogP contribution in [0.15, 0.2) is 23.4 Å². The largest absolute Gasteiger partial charge is 0.300 e. The van der Waals surface area contributed by atoms with Crippen molar-refractivity contribution < 1.29 is 13.3 Å². The Kier molecular flexibility index (Phi) is 3.48. The predicted molar refractivity (Wildman–Crippen MR) is 70.9 cm³/mol. The van der Waals surface area contributed by atoms with Crippen LogP contribution in [0.4, 0.5) is 5.69 Å². The van der Waals surface area contributed by atoms with E-state index >= 15 is 0 Å². The lowest BCUT2D eigenvalue weighted by molar-refractivity contribution is -0.384. The van der Waals surface area contributed by atoms with Crippen molar-refractivity contribution in [3.63, 3.8) is 0 Å². The van der Waals surface area contributed by atoms with Gasteiger partial charge in [0.2, 0.25) is 0 Å². The molecule has 0 aliphatic carbocycles. The molecule has 0 saturated carbocycles. The lowest BCUT2D eigenvalue weighted by atomic mass is 10.1. The molecule has 0 spiro atoms. The maximum atomic E-state index is 11.3. The summed E-state index contributed by atoms with van der Waals surface area (Å²) < 4.78 is 23.8. The highest BCUT2D eigenvalue weighted by Crippen LogP contribution is 2.26. The van der Waals surface area contributed by atoms with E-state index in [4.69, 9.17) is 10.7 Å². The van der Waals surface area contributed by atoms with E-state index in [1.54, 1.807) is 6.92 Å². The first-order valence-corrected chi connectivity index (χ1v) is 7.62. The van der Waals surface area contributed by atoms with Gasteiger partial charge in [-0.3, -0.25) is 14.7 Å². The van der Waals surface area contributed by atoms with Crippen molar-refractivity contribution in [3.8, 4) is 11.4 Å². The number of aryl methyl sites for hydroxylation is 1. The Hall–Kier alpha value is -2.00. The van der Waals surface area contributed by atoms with E-state index in [0.29, 0.717) is 11.1 Å². The average Bonchev–Trinajstić information content (AvgIpc) is 2.70. The molecule has 106 valence electrons. The van der Waals surface area contributed by atoms with Gasteiger partial charge < -0.3 is 0 Å². The fraction of sp³-hybridized carbons (Fsp3) is 0.200. The molecule has 0 saturated heterocycles. The summed E-state index contributed by atoms with van der Waals surface area (Å²) in [5.41, 5.74) is 1.06. The van der Waals surface area contributed by atoms with Gasteiger partial charge in [0.25, 0.3) is 19.9 Å². The maximum Gasteiger partial charge on any atom is 0.296 e. The van der Waals surface area contributed by atoms with Gasteiger partial charge in [-0.05, 0) is 18.6 Å². The van der Waals surface area contributed by atoms with Crippen molar-refractivity contribution in [1.82, 2.24) is 14.8 Å². The number of nitrogens with zero attached hydrogens (tertiary/aromatic N) is 4. The zero-order valence-corrected chi connectivity index (χ0v) is 12.0. The number of non-ortho nitro benzene ring substituents is 1. The van der Waals surface area contributed by atoms with E-state index in [0.717, 1.165) is 0 Å². The molecule has 0 bridgehead atoms. The van der Waals surface area contributed by atoms with Crippen molar-refractivity contribution in [3.05, 3.63) is 33.9 Å². The Morgan fingerprint density at radius 1 is 1.35 bits per heavy atom. The van der Waals surface area contributed by atoms with Crippen LogP contribution in [0, 0.1) is 17.0 Å². The summed E-state index contributed by atoms with van der Waals surface area (Å²) in [6.07, 6.45) is 0. The molecule has 0 atom stereocenters. The van der Waals surface area contributed by atoms with Crippen molar-refractivity contribution >= 4 is 25.4 Å². The Morgan fingerprint density at radius 2 is 2.00 bits per heavy atom. The topological polar surface area (TPSA) is 108 Å². The number of benzene rings is 1. The van der Waals surface area contributed by atoms with E-state index in [-0.39, 0.29) is 16.7 Å². The standard InChI is InChI=1S/C10H9ClN4O4S/c1-6-5-7(15(16)17)3-4-8(6)9-12-13-10(14(9)2)20(11,18)19/h3-5H,1-2H3. The molecule has 2 aromatic rings. The van der Waals surface area contributed by atoms with Crippen LogP contribution in [0.2, 0.25) is 0 Å². The molecule has 0 aliphatic rings. The zero-order valence-electron chi connectivity index (χ0n) is 10.4. The van der Waals surface area contributed by atoms with Gasteiger partial charge in [-0.2, -0.15) is 0 Å². The number of hydrogen-bond donors (Lipinski definition) is 0. The zero-order chi connectivity index (χ0) is 15.1. The molecule has 20 heavy (non-hydrogen) atoms. The third-order valence-corrected chi connectivity index (χ3v) is 3.92. The molecule has 8 nitrogen and oxygen atoms in total. The predicted octanol–water partition coefficient (Wildman–Crippen LogP) is 1.63. The van der Waals surface area contributed by atoms with E-state index in [1.807, 2.05) is 0 Å². The van der Waals surface area contributed by atoms with Gasteiger partial charge >= 0.3 is 0 Å². The minimum atomic E-state index is -4.00. The monoisotopic (exact) mass is 316 g/mol. The SMILES string of the molecule is Cc1cc([N+](=O)[O-])ccc1-c1nnc(S(=O)(=O)Cl)n1C. The van der Waals surface area contributed by atoms with Crippen molar-refractivity contribution in [1.29, 1.82) is 0 Å². The normalized spacial score (nSPS) is 11.6. The van der Waals surface area contributed by atoms with Gasteiger partial charge in [0.05, 0.1) is 4.92 Å². The van der Waals surface area contributed by atoms with E-state index in [9.17, 15) is 18.5 Å². The van der Waals surface area contributed by atoms with Crippen LogP contribution in [0.5, 0.6) is 0 Å². The number of halogens is 1. The minimum absolute atomic E-state index is 0.0568. The van der Waals surface area contributed by atoms with Gasteiger partial charge in [0.1, 0.15) is 0 Å². The van der Waals surface area contributed by atoms with Gasteiger partial charge in [-0.15, -0.1) is 10.2 Å². The molecular weight excluding hydrogens is 308 g/mol. The lowest BCUT2D eigenvalue weighted by Crippen LogP contribution is -2.03. The number of nitro groups is 1. The fourth-order valence-corrected chi connectivity index (χ4v) is 2.73. The van der Waals surface area contributed by atoms with Gasteiger partial charge in [-0.1, -0.05) is 0 Å². The van der Waals surface area contributed by atoms with Gasteiger partial charge in [-0.25, -0.2) is 8.42 Å². The highest BCUT2D eigenvalue weighted by atomic mass is 35.7. The quantitative estimate of drug-likeness (QED) is 0.483. The molecule has 0 amide bonds. The van der Waals surface area contributed by atoms with Crippen molar-refractivity contribution in [2.24, 2.45) is 7.05 Å². The second-order valence-corrected chi connectivity index (χ2v) is 6.52. The molecule has 1 aromatic heterocycles. The van der Waals surface area contributed by atoms with E-state index < -0.39 is 14.0 Å². The highest BCUT2D eigenvalue weighted by molar-refractivity contribution is 8.13. The van der Waals surface area contributed by atoms with Gasteiger partial charge in [0.15, 0.2) is 5.82 Å². The summed E-state index contributed by atoms with van der Waals surface area (Å²) >= 11 is 0. The van der Waals surface area contributed by atoms with Crippen LogP contribution in [0.1, 0.15) is 5.56 Å². The van der Waals surface area contributed by atoms with E-state index in [1.165, 1.54) is 29.8 Å².